The third-order valence-electron chi connectivity index (χ3n) is 17.9. The number of carbonyl (C=O) groups excluding carboxylic acids is 7. The number of fused-ring (bicyclic) bond motifs is 5. The number of rotatable bonds is 21. The molecule has 2 aliphatic heterocycles. The van der Waals surface area contributed by atoms with Gasteiger partial charge < -0.3 is 56.9 Å². The van der Waals surface area contributed by atoms with Crippen molar-refractivity contribution < 1.29 is 90.5 Å². The molecule has 22 nitrogen and oxygen atoms in total. The van der Waals surface area contributed by atoms with E-state index in [2.05, 4.69) is 44.9 Å². The van der Waals surface area contributed by atoms with E-state index < -0.39 is 116 Å². The molecule has 6 fully saturated rings. The molecule has 4 aliphatic carbocycles. The predicted molar refractivity (Wildman–Crippen MR) is 271 cm³/mol. The van der Waals surface area contributed by atoms with E-state index in [1.807, 2.05) is 0 Å². The fourth-order valence-corrected chi connectivity index (χ4v) is 14.7. The van der Waals surface area contributed by atoms with Crippen molar-refractivity contribution in [3.63, 3.8) is 0 Å². The van der Waals surface area contributed by atoms with Gasteiger partial charge in [0.15, 0.2) is 30.7 Å². The number of nitrogens with zero attached hydrogens (tertiary/aromatic N) is 3. The summed E-state index contributed by atoms with van der Waals surface area (Å²) in [5.74, 6) is -0.651. The first-order valence-corrected chi connectivity index (χ1v) is 28.2. The Labute approximate surface area is 457 Å². The Hall–Kier alpha value is -4.93. The van der Waals surface area contributed by atoms with Crippen LogP contribution in [0.3, 0.4) is 0 Å². The zero-order valence-electron chi connectivity index (χ0n) is 47.7. The van der Waals surface area contributed by atoms with Crippen LogP contribution in [0.1, 0.15) is 166 Å². The third kappa shape index (κ3) is 14.5. The summed E-state index contributed by atoms with van der Waals surface area (Å²) in [4.78, 5) is 94.9. The maximum atomic E-state index is 13.0. The molecule has 1 aromatic rings. The van der Waals surface area contributed by atoms with E-state index in [4.69, 9.17) is 56.9 Å². The van der Waals surface area contributed by atoms with Gasteiger partial charge in [0.05, 0.1) is 18.9 Å². The SMILES string of the molecule is CC(=O)OC[C@H]1O[C@@H](O[C@H]2[C@H](OC(C)=O)[C@@H](OC(C)=O)[C@H](On3cc(CO[C@H]4CC[C@@]5(C)C(CC[C@H]6[C@@H]7CC[C@H]([C@H](C)CCCC(C)C)[C@@]7(C)CC[C@@H]65)C4)nn3)O[C@@H]2COC(C)=O)[C@H](OC(C)=O)[C@@H](OC(C)=O)[C@H]1OC(C)=O. The zero-order valence-corrected chi connectivity index (χ0v) is 47.7. The molecule has 19 atom stereocenters. The van der Waals surface area contributed by atoms with E-state index in [9.17, 15) is 33.6 Å². The molecule has 1 aromatic heterocycles. The van der Waals surface area contributed by atoms with Gasteiger partial charge in [-0.2, -0.15) is 0 Å². The van der Waals surface area contributed by atoms with Crippen LogP contribution in [0.5, 0.6) is 0 Å². The molecule has 4 saturated carbocycles. The second-order valence-corrected chi connectivity index (χ2v) is 23.8. The van der Waals surface area contributed by atoms with Gasteiger partial charge in [0.1, 0.15) is 37.2 Å². The summed E-state index contributed by atoms with van der Waals surface area (Å²) in [7, 11) is 0. The molecule has 22 heteroatoms. The average Bonchev–Trinajstić information content (AvgIpc) is 4.13. The lowest BCUT2D eigenvalue weighted by Gasteiger charge is -2.61. The second kappa shape index (κ2) is 26.1. The molecule has 3 heterocycles. The van der Waals surface area contributed by atoms with Gasteiger partial charge in [-0.1, -0.05) is 58.7 Å². The van der Waals surface area contributed by atoms with Crippen LogP contribution < -0.4 is 4.84 Å². The second-order valence-electron chi connectivity index (χ2n) is 23.8. The number of hydrogen-bond donors (Lipinski definition) is 0. The summed E-state index contributed by atoms with van der Waals surface area (Å²) < 4.78 is 64.3. The number of esters is 7. The topological polar surface area (TPSA) is 261 Å². The van der Waals surface area contributed by atoms with Crippen molar-refractivity contribution in [1.82, 2.24) is 15.2 Å². The quantitative estimate of drug-likeness (QED) is 0.0961. The molecule has 78 heavy (non-hydrogen) atoms. The highest BCUT2D eigenvalue weighted by Gasteiger charge is 2.62. The van der Waals surface area contributed by atoms with Crippen LogP contribution in [0.4, 0.5) is 0 Å². The largest absolute Gasteiger partial charge is 0.463 e. The summed E-state index contributed by atoms with van der Waals surface area (Å²) in [5.41, 5.74) is 1.16. The van der Waals surface area contributed by atoms with Crippen molar-refractivity contribution in [3.05, 3.63) is 11.9 Å². The Balaban J connectivity index is 1.05. The number of ether oxygens (including phenoxy) is 11. The summed E-state index contributed by atoms with van der Waals surface area (Å²) >= 11 is 0. The molecular formula is C56H85N3O19. The Morgan fingerprint density at radius 1 is 0.615 bits per heavy atom. The molecule has 0 amide bonds. The first-order chi connectivity index (χ1) is 36.9. The van der Waals surface area contributed by atoms with Gasteiger partial charge in [-0.25, -0.2) is 0 Å². The molecule has 0 aromatic carbocycles. The normalized spacial score (nSPS) is 36.6. The number of aromatic nitrogens is 3. The van der Waals surface area contributed by atoms with Crippen LogP contribution in [0, 0.1) is 52.3 Å². The maximum Gasteiger partial charge on any atom is 0.303 e. The van der Waals surface area contributed by atoms with Crippen molar-refractivity contribution in [2.24, 2.45) is 52.3 Å². The minimum Gasteiger partial charge on any atom is -0.463 e. The Kier molecular flexibility index (Phi) is 20.3. The van der Waals surface area contributed by atoms with Gasteiger partial charge in [0, 0.05) is 48.5 Å². The molecule has 0 N–H and O–H groups in total. The number of carbonyl (C=O) groups is 7. The minimum atomic E-state index is -1.83. The number of hydrogen-bond acceptors (Lipinski definition) is 21. The fourth-order valence-electron chi connectivity index (χ4n) is 14.7. The fraction of sp³-hybridized carbons (Fsp3) is 0.839. The summed E-state index contributed by atoms with van der Waals surface area (Å²) in [5, 5.41) is 8.45. The van der Waals surface area contributed by atoms with E-state index in [-0.39, 0.29) is 18.1 Å². The highest BCUT2D eigenvalue weighted by molar-refractivity contribution is 5.69. The van der Waals surface area contributed by atoms with E-state index in [1.165, 1.54) is 64.0 Å². The van der Waals surface area contributed by atoms with Crippen molar-refractivity contribution in [2.75, 3.05) is 13.2 Å². The van der Waals surface area contributed by atoms with E-state index >= 15 is 0 Å². The van der Waals surface area contributed by atoms with Gasteiger partial charge in [0.2, 0.25) is 6.10 Å². The summed E-state index contributed by atoms with van der Waals surface area (Å²) in [6.45, 7) is 19.0. The van der Waals surface area contributed by atoms with Crippen LogP contribution in [-0.4, -0.2) is 138 Å². The van der Waals surface area contributed by atoms with Crippen LogP contribution in [0.15, 0.2) is 6.20 Å². The smallest absolute Gasteiger partial charge is 0.303 e. The van der Waals surface area contributed by atoms with E-state index in [1.54, 1.807) is 0 Å². The van der Waals surface area contributed by atoms with Gasteiger partial charge in [-0.15, -0.1) is 5.10 Å². The van der Waals surface area contributed by atoms with Crippen molar-refractivity contribution in [3.8, 4) is 0 Å². The van der Waals surface area contributed by atoms with Gasteiger partial charge in [-0.05, 0) is 115 Å². The molecule has 6 aliphatic rings. The molecule has 0 spiro atoms. The maximum absolute atomic E-state index is 13.0. The molecule has 7 rings (SSSR count). The van der Waals surface area contributed by atoms with Crippen molar-refractivity contribution in [1.29, 1.82) is 0 Å². The lowest BCUT2D eigenvalue weighted by atomic mass is 9.44. The molecule has 1 unspecified atom stereocenters. The van der Waals surface area contributed by atoms with Crippen molar-refractivity contribution >= 4 is 41.8 Å². The van der Waals surface area contributed by atoms with Gasteiger partial charge in [0.25, 0.3) is 6.29 Å². The summed E-state index contributed by atoms with van der Waals surface area (Å²) in [6.07, 6.45) is 0.228. The molecule has 2 saturated heterocycles. The first-order valence-electron chi connectivity index (χ1n) is 28.2. The molecule has 438 valence electrons. The lowest BCUT2D eigenvalue weighted by molar-refractivity contribution is -0.361. The molecule has 0 radical (unpaired) electrons. The van der Waals surface area contributed by atoms with Crippen molar-refractivity contribution in [2.45, 2.75) is 234 Å². The molecule has 0 bridgehead atoms. The highest BCUT2D eigenvalue weighted by atomic mass is 16.8. The third-order valence-corrected chi connectivity index (χ3v) is 17.9. The minimum absolute atomic E-state index is 0.0305. The van der Waals surface area contributed by atoms with Crippen LogP contribution >= 0.6 is 0 Å². The highest BCUT2D eigenvalue weighted by Crippen LogP contribution is 2.68. The Morgan fingerprint density at radius 3 is 1.76 bits per heavy atom. The van der Waals surface area contributed by atoms with Gasteiger partial charge >= 0.3 is 41.8 Å². The standard InChI is InChI=1S/C56H85N3O19/c1-29(2)14-13-15-30(3)42-18-19-43-41-17-16-38-24-40(20-22-55(38,11)44(41)21-23-56(42,43)12)69-26-39-25-59(58-57-39)78-54-52(74-37(10)66)50(72-35(8)64)48(46(76-54)28-68-32(5)61)77-53-51(73-36(9)65)49(71-34(7)63)47(70-33(6)62)45(75-53)27-67-31(4)60/h25,29-30,38,40-54H,13-24,26-28H2,1-12H3/t30-,38?,40+,41+,42-,43+,44+,45-,46-,47+,48-,49+,50+,51-,52-,53+,54+,55+,56-/m1/s1. The monoisotopic (exact) mass is 1100 g/mol. The predicted octanol–water partition coefficient (Wildman–Crippen LogP) is 6.33. The Bertz CT molecular complexity index is 2280. The van der Waals surface area contributed by atoms with E-state index in [0.29, 0.717) is 17.0 Å². The van der Waals surface area contributed by atoms with E-state index in [0.717, 1.165) is 108 Å². The molecular weight excluding hydrogens is 1020 g/mol. The van der Waals surface area contributed by atoms with Crippen LogP contribution in [-0.2, 0) is 92.3 Å². The van der Waals surface area contributed by atoms with Gasteiger partial charge in [-0.3, -0.25) is 33.6 Å². The van der Waals surface area contributed by atoms with Crippen LogP contribution in [0.2, 0.25) is 0 Å². The average molecular weight is 1100 g/mol. The summed E-state index contributed by atoms with van der Waals surface area (Å²) in [6, 6.07) is 0. The Morgan fingerprint density at radius 2 is 1.15 bits per heavy atom. The van der Waals surface area contributed by atoms with Crippen LogP contribution in [0.25, 0.3) is 0 Å². The first kappa shape index (κ1) is 60.7. The lowest BCUT2D eigenvalue weighted by Crippen LogP contribution is -2.68. The zero-order chi connectivity index (χ0) is 56.8.